The fraction of sp³-hybridized carbons (Fsp3) is 0.174. The van der Waals surface area contributed by atoms with E-state index in [1.807, 2.05) is 38.1 Å². The number of carbonyl (C=O) groups excluding carboxylic acids is 1. The van der Waals surface area contributed by atoms with E-state index in [1.54, 1.807) is 36.4 Å². The molecule has 0 spiro atoms. The van der Waals surface area contributed by atoms with Crippen LogP contribution in [0.4, 0.5) is 5.69 Å². The number of aryl methyl sites for hydroxylation is 1. The van der Waals surface area contributed by atoms with Crippen molar-refractivity contribution in [3.63, 3.8) is 0 Å². The van der Waals surface area contributed by atoms with Crippen LogP contribution in [0, 0.1) is 6.92 Å². The summed E-state index contributed by atoms with van der Waals surface area (Å²) in [6, 6.07) is 20.4. The van der Waals surface area contributed by atoms with Gasteiger partial charge in [-0.1, -0.05) is 30.3 Å². The zero-order chi connectivity index (χ0) is 21.6. The molecule has 0 saturated heterocycles. The fourth-order valence-electron chi connectivity index (χ4n) is 2.89. The molecular weight excluding hydrogens is 400 g/mol. The second-order valence-electron chi connectivity index (χ2n) is 6.70. The minimum Gasteiger partial charge on any atom is -0.494 e. The second-order valence-corrected chi connectivity index (χ2v) is 8.38. The summed E-state index contributed by atoms with van der Waals surface area (Å²) in [5.74, 6) is 0.323. The number of hydrogen-bond acceptors (Lipinski definition) is 4. The van der Waals surface area contributed by atoms with Crippen LogP contribution in [-0.2, 0) is 16.6 Å². The smallest absolute Gasteiger partial charge is 0.261 e. The van der Waals surface area contributed by atoms with Crippen molar-refractivity contribution in [3.8, 4) is 5.75 Å². The summed E-state index contributed by atoms with van der Waals surface area (Å²) in [4.78, 5) is 12.5. The Bertz CT molecular complexity index is 1130. The third-order valence-corrected chi connectivity index (χ3v) is 5.90. The highest BCUT2D eigenvalue weighted by Crippen LogP contribution is 2.20. The molecule has 0 aromatic heterocycles. The van der Waals surface area contributed by atoms with Gasteiger partial charge in [0.1, 0.15) is 5.75 Å². The van der Waals surface area contributed by atoms with Crippen LogP contribution in [-0.4, -0.2) is 20.9 Å². The topological polar surface area (TPSA) is 84.5 Å². The Morgan fingerprint density at radius 2 is 1.70 bits per heavy atom. The first-order chi connectivity index (χ1) is 14.4. The molecule has 2 N–H and O–H groups in total. The average molecular weight is 425 g/mol. The summed E-state index contributed by atoms with van der Waals surface area (Å²) in [6.45, 7) is 4.75. The molecule has 0 radical (unpaired) electrons. The zero-order valence-electron chi connectivity index (χ0n) is 16.9. The van der Waals surface area contributed by atoms with Gasteiger partial charge in [0.25, 0.3) is 15.9 Å². The highest BCUT2D eigenvalue weighted by molar-refractivity contribution is 7.92. The Morgan fingerprint density at radius 1 is 0.967 bits per heavy atom. The van der Waals surface area contributed by atoms with E-state index in [9.17, 15) is 13.2 Å². The van der Waals surface area contributed by atoms with Crippen LogP contribution in [0.3, 0.4) is 0 Å². The van der Waals surface area contributed by atoms with Crippen molar-refractivity contribution < 1.29 is 17.9 Å². The molecule has 30 heavy (non-hydrogen) atoms. The average Bonchev–Trinajstić information content (AvgIpc) is 2.74. The summed E-state index contributed by atoms with van der Waals surface area (Å²) in [6.07, 6.45) is 0. The molecule has 0 aliphatic rings. The van der Waals surface area contributed by atoms with Gasteiger partial charge in [0.15, 0.2) is 0 Å². The number of anilines is 1. The van der Waals surface area contributed by atoms with Crippen molar-refractivity contribution in [2.45, 2.75) is 25.3 Å². The predicted molar refractivity (Wildman–Crippen MR) is 117 cm³/mol. The summed E-state index contributed by atoms with van der Waals surface area (Å²) in [7, 11) is -3.84. The van der Waals surface area contributed by atoms with Crippen molar-refractivity contribution in [1.29, 1.82) is 0 Å². The van der Waals surface area contributed by atoms with Gasteiger partial charge in [-0.15, -0.1) is 0 Å². The van der Waals surface area contributed by atoms with Gasteiger partial charge in [0, 0.05) is 17.8 Å². The molecule has 0 fully saturated rings. The van der Waals surface area contributed by atoms with Crippen molar-refractivity contribution >= 4 is 21.6 Å². The van der Waals surface area contributed by atoms with Gasteiger partial charge in [-0.3, -0.25) is 9.52 Å². The number of hydrogen-bond donors (Lipinski definition) is 2. The van der Waals surface area contributed by atoms with Crippen molar-refractivity contribution in [3.05, 3.63) is 89.5 Å². The Balaban J connectivity index is 1.71. The van der Waals surface area contributed by atoms with E-state index in [2.05, 4.69) is 10.0 Å². The van der Waals surface area contributed by atoms with E-state index < -0.39 is 10.0 Å². The Kier molecular flexibility index (Phi) is 6.74. The number of amides is 1. The normalized spacial score (nSPS) is 11.0. The summed E-state index contributed by atoms with van der Waals surface area (Å²) in [5, 5.41) is 2.83. The lowest BCUT2D eigenvalue weighted by molar-refractivity contribution is 0.0950. The van der Waals surface area contributed by atoms with Gasteiger partial charge >= 0.3 is 0 Å². The number of rotatable bonds is 8. The molecule has 0 heterocycles. The molecular formula is C23H24N2O4S. The second kappa shape index (κ2) is 9.45. The number of sulfonamides is 1. The summed E-state index contributed by atoms with van der Waals surface area (Å²) in [5.41, 5.74) is 2.77. The molecule has 3 rings (SSSR count). The van der Waals surface area contributed by atoms with E-state index in [0.29, 0.717) is 24.6 Å². The van der Waals surface area contributed by atoms with Crippen LogP contribution >= 0.6 is 0 Å². The first-order valence-corrected chi connectivity index (χ1v) is 11.1. The largest absolute Gasteiger partial charge is 0.494 e. The van der Waals surface area contributed by atoms with Gasteiger partial charge < -0.3 is 10.1 Å². The van der Waals surface area contributed by atoms with E-state index in [4.69, 9.17) is 4.74 Å². The predicted octanol–water partition coefficient (Wildman–Crippen LogP) is 4.12. The summed E-state index contributed by atoms with van der Waals surface area (Å²) < 4.78 is 33.4. The Labute approximate surface area is 177 Å². The van der Waals surface area contributed by atoms with Gasteiger partial charge in [-0.2, -0.15) is 0 Å². The van der Waals surface area contributed by atoms with Gasteiger partial charge in [0.05, 0.1) is 11.5 Å². The van der Waals surface area contributed by atoms with Gasteiger partial charge in [-0.05, 0) is 67.4 Å². The van der Waals surface area contributed by atoms with Crippen LogP contribution < -0.4 is 14.8 Å². The first-order valence-electron chi connectivity index (χ1n) is 9.57. The molecule has 0 atom stereocenters. The van der Waals surface area contributed by atoms with Crippen molar-refractivity contribution in [1.82, 2.24) is 5.32 Å². The number of ether oxygens (including phenoxy) is 1. The fourth-order valence-corrected chi connectivity index (χ4v) is 3.99. The van der Waals surface area contributed by atoms with Crippen LogP contribution in [0.15, 0.2) is 77.7 Å². The van der Waals surface area contributed by atoms with Gasteiger partial charge in [0.2, 0.25) is 0 Å². The molecule has 3 aromatic rings. The van der Waals surface area contributed by atoms with Gasteiger partial charge in [-0.25, -0.2) is 8.42 Å². The Morgan fingerprint density at radius 3 is 2.40 bits per heavy atom. The maximum absolute atomic E-state index is 12.7. The maximum atomic E-state index is 12.7. The highest BCUT2D eigenvalue weighted by Gasteiger charge is 2.17. The number of benzene rings is 3. The monoisotopic (exact) mass is 424 g/mol. The molecule has 0 saturated carbocycles. The minimum absolute atomic E-state index is 0.0138. The molecule has 0 bridgehead atoms. The van der Waals surface area contributed by atoms with E-state index in [0.717, 1.165) is 11.1 Å². The molecule has 3 aromatic carbocycles. The number of carbonyl (C=O) groups is 1. The van der Waals surface area contributed by atoms with Crippen LogP contribution in [0.1, 0.15) is 28.4 Å². The third-order valence-electron chi connectivity index (χ3n) is 4.52. The SMILES string of the molecule is CCOc1ccc(NS(=O)(=O)c2cccc(C(=O)NCc3ccccc3C)c2)cc1. The maximum Gasteiger partial charge on any atom is 0.261 e. The van der Waals surface area contributed by atoms with Crippen LogP contribution in [0.25, 0.3) is 0 Å². The van der Waals surface area contributed by atoms with E-state index in [1.165, 1.54) is 12.1 Å². The van der Waals surface area contributed by atoms with Crippen LogP contribution in [0.2, 0.25) is 0 Å². The third kappa shape index (κ3) is 5.39. The lowest BCUT2D eigenvalue weighted by Crippen LogP contribution is -2.23. The van der Waals surface area contributed by atoms with Crippen molar-refractivity contribution in [2.75, 3.05) is 11.3 Å². The first kappa shape index (κ1) is 21.4. The zero-order valence-corrected chi connectivity index (χ0v) is 17.7. The van der Waals surface area contributed by atoms with Crippen molar-refractivity contribution in [2.24, 2.45) is 0 Å². The van der Waals surface area contributed by atoms with Crippen LogP contribution in [0.5, 0.6) is 5.75 Å². The quantitative estimate of drug-likeness (QED) is 0.570. The van der Waals surface area contributed by atoms with E-state index >= 15 is 0 Å². The molecule has 156 valence electrons. The number of nitrogens with one attached hydrogen (secondary N) is 2. The minimum atomic E-state index is -3.84. The molecule has 6 nitrogen and oxygen atoms in total. The lowest BCUT2D eigenvalue weighted by Gasteiger charge is -2.11. The summed E-state index contributed by atoms with van der Waals surface area (Å²) >= 11 is 0. The standard InChI is InChI=1S/C23H24N2O4S/c1-3-29-21-13-11-20(12-14-21)25-30(27,28)22-10-6-9-18(15-22)23(26)24-16-19-8-5-4-7-17(19)2/h4-15,25H,3,16H2,1-2H3,(H,24,26). The Hall–Kier alpha value is -3.32. The lowest BCUT2D eigenvalue weighted by atomic mass is 10.1. The van der Waals surface area contributed by atoms with E-state index in [-0.39, 0.29) is 16.4 Å². The molecule has 0 aliphatic carbocycles. The molecule has 0 aliphatic heterocycles. The molecule has 0 unspecified atom stereocenters. The molecule has 1 amide bonds. The molecule has 7 heteroatoms. The highest BCUT2D eigenvalue weighted by atomic mass is 32.2.